The van der Waals surface area contributed by atoms with Crippen LogP contribution < -0.4 is 4.90 Å². The Kier molecular flexibility index (Phi) is 7.88. The van der Waals surface area contributed by atoms with Crippen molar-refractivity contribution < 1.29 is 22.7 Å². The fraction of sp³-hybridized carbons (Fsp3) is 0.310. The second-order valence-corrected chi connectivity index (χ2v) is 9.49. The SMILES string of the molecule is [B]=C1C=CC(c2nc([C@H](CC)CC[C@@H](C)O)oc2-c2ccc(F)cc2F)=CN1c1c(C)cc(F)cc1C. The molecule has 0 amide bonds. The van der Waals surface area contributed by atoms with Crippen molar-refractivity contribution in [2.45, 2.75) is 59.0 Å². The summed E-state index contributed by atoms with van der Waals surface area (Å²) in [6.07, 6.45) is 6.62. The van der Waals surface area contributed by atoms with Crippen molar-refractivity contribution in [2.24, 2.45) is 0 Å². The van der Waals surface area contributed by atoms with Crippen LogP contribution in [0.2, 0.25) is 0 Å². The van der Waals surface area contributed by atoms with E-state index >= 15 is 0 Å². The maximum absolute atomic E-state index is 14.9. The number of aliphatic hydroxyl groups is 1. The molecule has 0 saturated heterocycles. The molecule has 0 fully saturated rings. The molecule has 0 saturated carbocycles. The molecule has 0 unspecified atom stereocenters. The summed E-state index contributed by atoms with van der Waals surface area (Å²) in [6.45, 7) is 7.31. The molecule has 191 valence electrons. The van der Waals surface area contributed by atoms with Gasteiger partial charge in [-0.1, -0.05) is 0 Å². The Bertz CT molecular complexity index is 1370. The molecule has 4 rings (SSSR count). The molecule has 0 bridgehead atoms. The van der Waals surface area contributed by atoms with Crippen LogP contribution in [0.4, 0.5) is 18.9 Å². The number of allylic oxidation sites excluding steroid dienone is 2. The molecule has 2 heterocycles. The second kappa shape index (κ2) is 10.9. The molecule has 2 atom stereocenters. The van der Waals surface area contributed by atoms with Crippen LogP contribution in [-0.2, 0) is 0 Å². The summed E-state index contributed by atoms with van der Waals surface area (Å²) in [5.41, 5.74) is 3.59. The number of benzene rings is 2. The van der Waals surface area contributed by atoms with Gasteiger partial charge in [0.15, 0.2) is 0 Å². The van der Waals surface area contributed by atoms with Gasteiger partial charge < -0.3 is 0 Å². The van der Waals surface area contributed by atoms with Gasteiger partial charge in [-0.2, -0.15) is 0 Å². The van der Waals surface area contributed by atoms with E-state index in [9.17, 15) is 18.3 Å². The Hall–Kier alpha value is -3.39. The van der Waals surface area contributed by atoms with E-state index in [4.69, 9.17) is 16.9 Å². The van der Waals surface area contributed by atoms with Gasteiger partial charge in [-0.3, -0.25) is 0 Å². The molecule has 1 radical (unpaired) electrons. The number of hydrogen-bond acceptors (Lipinski definition) is 4. The topological polar surface area (TPSA) is 49.5 Å². The average molecular weight is 505 g/mol. The summed E-state index contributed by atoms with van der Waals surface area (Å²) in [5.74, 6) is -1.32. The zero-order valence-corrected chi connectivity index (χ0v) is 21.4. The Labute approximate surface area is 216 Å². The van der Waals surface area contributed by atoms with Gasteiger partial charge in [0.25, 0.3) is 0 Å². The number of halogens is 3. The van der Waals surface area contributed by atoms with Crippen molar-refractivity contribution in [1.82, 2.24) is 4.98 Å². The van der Waals surface area contributed by atoms with Gasteiger partial charge >= 0.3 is 216 Å². The van der Waals surface area contributed by atoms with E-state index in [0.29, 0.717) is 53.1 Å². The van der Waals surface area contributed by atoms with Crippen LogP contribution >= 0.6 is 0 Å². The van der Waals surface area contributed by atoms with E-state index in [-0.39, 0.29) is 23.1 Å². The van der Waals surface area contributed by atoms with Crippen LogP contribution in [0.1, 0.15) is 61.7 Å². The van der Waals surface area contributed by atoms with Crippen LogP contribution in [0.15, 0.2) is 53.1 Å². The van der Waals surface area contributed by atoms with Crippen LogP contribution in [0.5, 0.6) is 0 Å². The molecule has 1 aliphatic heterocycles. The normalized spacial score (nSPS) is 15.2. The van der Waals surface area contributed by atoms with Gasteiger partial charge in [0.05, 0.1) is 0 Å². The van der Waals surface area contributed by atoms with Crippen molar-refractivity contribution >= 4 is 24.3 Å². The second-order valence-electron chi connectivity index (χ2n) is 9.49. The van der Waals surface area contributed by atoms with Crippen LogP contribution in [-0.4, -0.2) is 29.3 Å². The fourth-order valence-corrected chi connectivity index (χ4v) is 4.64. The van der Waals surface area contributed by atoms with Gasteiger partial charge in [0.2, 0.25) is 0 Å². The third-order valence-corrected chi connectivity index (χ3v) is 6.54. The third-order valence-electron chi connectivity index (χ3n) is 6.54. The molecule has 37 heavy (non-hydrogen) atoms. The fourth-order valence-electron chi connectivity index (χ4n) is 4.64. The molecule has 8 heteroatoms. The van der Waals surface area contributed by atoms with Crippen molar-refractivity contribution in [3.05, 3.63) is 88.8 Å². The van der Waals surface area contributed by atoms with Crippen LogP contribution in [0.25, 0.3) is 16.9 Å². The minimum absolute atomic E-state index is 0.0815. The van der Waals surface area contributed by atoms with Gasteiger partial charge in [-0.05, 0) is 0 Å². The molecular formula is C29H29BF3N2O2. The van der Waals surface area contributed by atoms with E-state index in [0.717, 1.165) is 11.8 Å². The van der Waals surface area contributed by atoms with E-state index in [2.05, 4.69) is 0 Å². The summed E-state index contributed by atoms with van der Waals surface area (Å²) >= 11 is 0. The Morgan fingerprint density at radius 3 is 2.35 bits per heavy atom. The predicted octanol–water partition coefficient (Wildman–Crippen LogP) is 6.75. The van der Waals surface area contributed by atoms with E-state index in [1.165, 1.54) is 24.3 Å². The van der Waals surface area contributed by atoms with Crippen molar-refractivity contribution in [2.75, 3.05) is 4.90 Å². The molecule has 1 N–H and O–H groups in total. The van der Waals surface area contributed by atoms with Crippen LogP contribution in [0, 0.1) is 31.3 Å². The Morgan fingerprint density at radius 2 is 1.73 bits per heavy atom. The summed E-state index contributed by atoms with van der Waals surface area (Å²) < 4.78 is 48.7. The maximum atomic E-state index is 14.9. The molecular weight excluding hydrogens is 476 g/mol. The minimum atomic E-state index is -0.769. The first kappa shape index (κ1) is 26.7. The number of oxazole rings is 1. The van der Waals surface area contributed by atoms with Gasteiger partial charge in [-0.15, -0.1) is 0 Å². The summed E-state index contributed by atoms with van der Waals surface area (Å²) in [5, 5.41) is 9.77. The molecule has 3 aromatic rings. The molecule has 1 aliphatic rings. The van der Waals surface area contributed by atoms with Crippen molar-refractivity contribution in [1.29, 1.82) is 0 Å². The van der Waals surface area contributed by atoms with Crippen molar-refractivity contribution in [3.8, 4) is 11.3 Å². The molecule has 1 aromatic heterocycles. The number of rotatable bonds is 8. The number of aromatic nitrogens is 1. The predicted molar refractivity (Wildman–Crippen MR) is 142 cm³/mol. The Morgan fingerprint density at radius 1 is 1.03 bits per heavy atom. The first-order valence-electron chi connectivity index (χ1n) is 12.3. The summed E-state index contributed by atoms with van der Waals surface area (Å²) in [6, 6.07) is 6.17. The number of aryl methyl sites for hydroxylation is 2. The monoisotopic (exact) mass is 505 g/mol. The number of anilines is 1. The van der Waals surface area contributed by atoms with Gasteiger partial charge in [0.1, 0.15) is 0 Å². The Balaban J connectivity index is 1.86. The van der Waals surface area contributed by atoms with Crippen LogP contribution in [0.3, 0.4) is 0 Å². The van der Waals surface area contributed by atoms with E-state index in [1.54, 1.807) is 44.0 Å². The molecule has 0 spiro atoms. The molecule has 4 nitrogen and oxygen atoms in total. The first-order chi connectivity index (χ1) is 17.6. The first-order valence-corrected chi connectivity index (χ1v) is 12.3. The van der Waals surface area contributed by atoms with E-state index < -0.39 is 17.7 Å². The van der Waals surface area contributed by atoms with Gasteiger partial charge in [0, 0.05) is 0 Å². The number of nitrogens with zero attached hydrogens (tertiary/aromatic N) is 2. The summed E-state index contributed by atoms with van der Waals surface area (Å²) in [4.78, 5) is 6.51. The standard InChI is InChI=1S/C29H29BF3N2O2/c1-5-19(7-6-18(4)36)29-34-26(28(37-29)23-10-9-21(31)14-24(23)33)20-8-11-25(30)35(15-20)27-16(2)12-22(32)13-17(27)3/h8-15,18-19,36H,5-7H2,1-4H3/t18-,19-/m1/s1. The third kappa shape index (κ3) is 5.64. The van der Waals surface area contributed by atoms with E-state index in [1.807, 2.05) is 6.92 Å². The number of hydrogen-bond donors (Lipinski definition) is 1. The molecule has 2 aromatic carbocycles. The average Bonchev–Trinajstić information content (AvgIpc) is 3.24. The summed E-state index contributed by atoms with van der Waals surface area (Å²) in [7, 11) is 6.31. The van der Waals surface area contributed by atoms with Gasteiger partial charge in [-0.25, -0.2) is 0 Å². The zero-order valence-electron chi connectivity index (χ0n) is 21.4. The number of aliphatic hydroxyl groups excluding tert-OH is 1. The van der Waals surface area contributed by atoms with Crippen molar-refractivity contribution in [3.63, 3.8) is 0 Å². The quantitative estimate of drug-likeness (QED) is 0.345. The molecule has 0 aliphatic carbocycles. The zero-order chi connectivity index (χ0) is 26.9.